The topological polar surface area (TPSA) is 26.3 Å². The van der Waals surface area contributed by atoms with Gasteiger partial charge in [0.05, 0.1) is 0 Å². The molecular weight excluding hydrogens is 303 g/mol. The van der Waals surface area contributed by atoms with E-state index in [0.717, 1.165) is 6.42 Å². The van der Waals surface area contributed by atoms with Gasteiger partial charge in [-0.1, -0.05) is 0 Å². The number of carbonyl (C=O) groups excluding carboxylic acids is 1. The van der Waals surface area contributed by atoms with E-state index in [-0.39, 0.29) is 5.97 Å². The van der Waals surface area contributed by atoms with Gasteiger partial charge < -0.3 is 0 Å². The van der Waals surface area contributed by atoms with Crippen molar-refractivity contribution in [2.75, 3.05) is 24.6 Å². The van der Waals surface area contributed by atoms with Gasteiger partial charge in [0.1, 0.15) is 0 Å². The Morgan fingerprint density at radius 1 is 0.652 bits per heavy atom. The third-order valence-corrected chi connectivity index (χ3v) is 11.6. The molecule has 0 spiro atoms. The Bertz CT molecular complexity index is 271. The van der Waals surface area contributed by atoms with E-state index in [1.807, 2.05) is 0 Å². The number of carbonyl (C=O) groups is 1. The summed E-state index contributed by atoms with van der Waals surface area (Å²) in [6, 6.07) is 0. The second-order valence-corrected chi connectivity index (χ2v) is 13.1. The molecule has 0 fully saturated rings. The van der Waals surface area contributed by atoms with E-state index in [0.29, 0.717) is 6.42 Å². The van der Waals surface area contributed by atoms with Gasteiger partial charge in [-0.15, -0.1) is 0 Å². The molecule has 0 radical (unpaired) electrons. The van der Waals surface area contributed by atoms with Gasteiger partial charge in [0.25, 0.3) is 0 Å². The Kier molecular flexibility index (Phi) is 12.2. The maximum absolute atomic E-state index is 12.5. The minimum absolute atomic E-state index is 0.0876. The van der Waals surface area contributed by atoms with Crippen molar-refractivity contribution in [2.45, 2.75) is 98.8 Å². The molecule has 0 saturated heterocycles. The van der Waals surface area contributed by atoms with Crippen molar-refractivity contribution in [3.8, 4) is 0 Å². The van der Waals surface area contributed by atoms with Crippen LogP contribution in [-0.4, -0.2) is 30.6 Å². The van der Waals surface area contributed by atoms with Crippen molar-refractivity contribution in [1.82, 2.24) is 0 Å². The zero-order valence-electron chi connectivity index (χ0n) is 16.7. The molecule has 0 aliphatic rings. The molecule has 0 aromatic carbocycles. The molecule has 0 amide bonds. The van der Waals surface area contributed by atoms with Gasteiger partial charge in [0.15, 0.2) is 0 Å². The molecule has 0 aromatic heterocycles. The summed E-state index contributed by atoms with van der Waals surface area (Å²) in [6.07, 6.45) is 15.9. The van der Waals surface area contributed by atoms with Gasteiger partial charge in [-0.05, 0) is 0 Å². The molecule has 0 bridgehead atoms. The standard InChI is InChI=1S/C20H43O2P/c1-6-11-16-23(17-12-7-2,18-13-8-3,19-14-9-4)22-20(21)15-10-5/h6-19H2,1-5H3. The van der Waals surface area contributed by atoms with Crippen LogP contribution in [0.25, 0.3) is 0 Å². The van der Waals surface area contributed by atoms with Crippen LogP contribution in [0.3, 0.4) is 0 Å². The van der Waals surface area contributed by atoms with Gasteiger partial charge in [-0.25, -0.2) is 0 Å². The second-order valence-electron chi connectivity index (χ2n) is 7.38. The predicted octanol–water partition coefficient (Wildman–Crippen LogP) is 7.00. The van der Waals surface area contributed by atoms with Crippen LogP contribution in [0, 0.1) is 0 Å². The number of hydrogen-bond donors (Lipinski definition) is 0. The summed E-state index contributed by atoms with van der Waals surface area (Å²) in [5, 5.41) is 0. The van der Waals surface area contributed by atoms with Crippen LogP contribution in [0.15, 0.2) is 0 Å². The fourth-order valence-electron chi connectivity index (χ4n) is 3.62. The van der Waals surface area contributed by atoms with Gasteiger partial charge in [0, 0.05) is 0 Å². The van der Waals surface area contributed by atoms with Gasteiger partial charge in [-0.3, -0.25) is 0 Å². The van der Waals surface area contributed by atoms with E-state index in [1.165, 1.54) is 76.0 Å². The number of hydrogen-bond acceptors (Lipinski definition) is 2. The molecule has 0 aliphatic heterocycles. The van der Waals surface area contributed by atoms with Crippen molar-refractivity contribution in [3.05, 3.63) is 0 Å². The Morgan fingerprint density at radius 2 is 1.00 bits per heavy atom. The maximum atomic E-state index is 12.5. The molecular formula is C20H43O2P. The summed E-state index contributed by atoms with van der Waals surface area (Å²) < 4.78 is 6.57. The summed E-state index contributed by atoms with van der Waals surface area (Å²) in [7, 11) is 0. The molecule has 140 valence electrons. The predicted molar refractivity (Wildman–Crippen MR) is 107 cm³/mol. The first kappa shape index (κ1) is 22.9. The first-order valence-corrected chi connectivity index (χ1v) is 13.1. The van der Waals surface area contributed by atoms with Crippen LogP contribution in [0.5, 0.6) is 0 Å². The summed E-state index contributed by atoms with van der Waals surface area (Å²) in [6.45, 7) is 8.75. The van der Waals surface area contributed by atoms with Gasteiger partial charge >= 0.3 is 146 Å². The third-order valence-electron chi connectivity index (χ3n) is 5.12. The fraction of sp³-hybridized carbons (Fsp3) is 0.950. The van der Waals surface area contributed by atoms with E-state index in [1.54, 1.807) is 0 Å². The number of unbranched alkanes of at least 4 members (excludes halogenated alkanes) is 4. The van der Waals surface area contributed by atoms with E-state index >= 15 is 0 Å². The molecule has 23 heavy (non-hydrogen) atoms. The zero-order chi connectivity index (χ0) is 17.6. The van der Waals surface area contributed by atoms with Crippen molar-refractivity contribution < 1.29 is 9.32 Å². The zero-order valence-corrected chi connectivity index (χ0v) is 17.6. The molecule has 0 heterocycles. The molecule has 0 atom stereocenters. The Balaban J connectivity index is 5.61. The molecule has 2 nitrogen and oxygen atoms in total. The quantitative estimate of drug-likeness (QED) is 0.298. The Morgan fingerprint density at radius 3 is 1.26 bits per heavy atom. The van der Waals surface area contributed by atoms with Crippen molar-refractivity contribution in [1.29, 1.82) is 0 Å². The molecule has 0 unspecified atom stereocenters. The monoisotopic (exact) mass is 346 g/mol. The van der Waals surface area contributed by atoms with Crippen LogP contribution in [0.4, 0.5) is 0 Å². The molecule has 0 aromatic rings. The molecule has 3 heteroatoms. The minimum atomic E-state index is -2.37. The van der Waals surface area contributed by atoms with Gasteiger partial charge in [0.2, 0.25) is 0 Å². The number of rotatable bonds is 15. The Hall–Kier alpha value is -0.100. The van der Waals surface area contributed by atoms with Crippen molar-refractivity contribution in [2.24, 2.45) is 0 Å². The van der Waals surface area contributed by atoms with Crippen LogP contribution in [-0.2, 0) is 9.32 Å². The van der Waals surface area contributed by atoms with Crippen molar-refractivity contribution >= 4 is 12.8 Å². The van der Waals surface area contributed by atoms with E-state index in [4.69, 9.17) is 4.52 Å². The fourth-order valence-corrected chi connectivity index (χ4v) is 10.5. The third kappa shape index (κ3) is 8.01. The van der Waals surface area contributed by atoms with Crippen LogP contribution in [0.1, 0.15) is 98.8 Å². The summed E-state index contributed by atoms with van der Waals surface area (Å²) in [5.41, 5.74) is 0. The normalized spacial score (nSPS) is 13.5. The van der Waals surface area contributed by atoms with E-state index in [2.05, 4.69) is 34.6 Å². The summed E-state index contributed by atoms with van der Waals surface area (Å²) >= 11 is 0. The molecule has 0 N–H and O–H groups in total. The Labute approximate surface area is 146 Å². The first-order chi connectivity index (χ1) is 11.0. The first-order valence-electron chi connectivity index (χ1n) is 10.2. The van der Waals surface area contributed by atoms with Crippen LogP contribution >= 0.6 is 6.83 Å². The van der Waals surface area contributed by atoms with Crippen LogP contribution in [0.2, 0.25) is 0 Å². The molecule has 0 rings (SSSR count). The van der Waals surface area contributed by atoms with Crippen molar-refractivity contribution in [3.63, 3.8) is 0 Å². The summed E-state index contributed by atoms with van der Waals surface area (Å²) in [4.78, 5) is 12.5. The second kappa shape index (κ2) is 12.3. The molecule has 0 saturated carbocycles. The van der Waals surface area contributed by atoms with E-state index in [9.17, 15) is 4.79 Å². The SMILES string of the molecule is CCCCP(CCCC)(CCCC)(CCCC)OC(=O)CCC. The molecule has 0 aliphatic carbocycles. The average molecular weight is 347 g/mol. The summed E-state index contributed by atoms with van der Waals surface area (Å²) in [5.74, 6) is 0.0876. The van der Waals surface area contributed by atoms with Crippen LogP contribution < -0.4 is 0 Å². The van der Waals surface area contributed by atoms with Gasteiger partial charge in [-0.2, -0.15) is 0 Å². The average Bonchev–Trinajstić information content (AvgIpc) is 2.55. The van der Waals surface area contributed by atoms with E-state index < -0.39 is 6.83 Å².